The molecule has 3 heterocycles. The lowest BCUT2D eigenvalue weighted by Gasteiger charge is -2.38. The summed E-state index contributed by atoms with van der Waals surface area (Å²) < 4.78 is 12.4. The average molecular weight is 582 g/mol. The lowest BCUT2D eigenvalue weighted by molar-refractivity contribution is -0.162. The number of fused-ring (bicyclic) bond motifs is 1. The Morgan fingerprint density at radius 3 is 2.40 bits per heavy atom. The summed E-state index contributed by atoms with van der Waals surface area (Å²) >= 11 is 0. The quantitative estimate of drug-likeness (QED) is 0.202. The molecule has 2 bridgehead atoms. The molecular formula is C33H47N3O6. The number of hydrogen-bond donors (Lipinski definition) is 1. The molecule has 0 aliphatic carbocycles. The van der Waals surface area contributed by atoms with Crippen molar-refractivity contribution in [2.45, 2.75) is 77.2 Å². The standard InChI is InChI=1S/C33H47N3O6/c1-8-12-13-19-41-31(40)27-26-29(38)36(23(6)21-37)28(33(26)20-22(5)32(27,7)42-33)30(39)35(18-9-2)25-16-14-24(15-17-25)34(10-3)11-4/h8-9,14-17,22-23,26-28,37H,1-2,10-13,18-21H2,3-7H3/t22?,23-,26+,27-,28?,32+,33?/m1/s1. The molecule has 3 aliphatic heterocycles. The number of benzene rings is 1. The van der Waals surface area contributed by atoms with Gasteiger partial charge < -0.3 is 29.3 Å². The third kappa shape index (κ3) is 5.04. The topological polar surface area (TPSA) is 99.6 Å². The molecule has 3 fully saturated rings. The highest BCUT2D eigenvalue weighted by atomic mass is 16.6. The van der Waals surface area contributed by atoms with Gasteiger partial charge in [0.2, 0.25) is 5.91 Å². The maximum atomic E-state index is 14.7. The summed E-state index contributed by atoms with van der Waals surface area (Å²) in [6.07, 6.45) is 5.21. The molecule has 2 amide bonds. The minimum absolute atomic E-state index is 0.104. The van der Waals surface area contributed by atoms with Crippen LogP contribution in [0.15, 0.2) is 49.6 Å². The zero-order valence-corrected chi connectivity index (χ0v) is 25.8. The Bertz CT molecular complexity index is 1180. The number of allylic oxidation sites excluding steroid dienone is 1. The highest BCUT2D eigenvalue weighted by molar-refractivity contribution is 6.05. The first-order valence-electron chi connectivity index (χ1n) is 15.2. The molecule has 9 nitrogen and oxygen atoms in total. The molecule has 9 heteroatoms. The lowest BCUT2D eigenvalue weighted by Crippen LogP contribution is -2.58. The number of nitrogens with zero attached hydrogens (tertiary/aromatic N) is 3. The fourth-order valence-corrected chi connectivity index (χ4v) is 7.40. The number of esters is 1. The SMILES string of the molecule is C=CCCCOC(=O)[C@H]1[C@H]2C(=O)N([C@H](C)CO)C(C(=O)N(CC=C)c3ccc(N(CC)CC)cc3)C23CC(C)[C@]1(C)O3. The van der Waals surface area contributed by atoms with Crippen LogP contribution < -0.4 is 9.80 Å². The molecule has 1 aromatic rings. The van der Waals surface area contributed by atoms with Gasteiger partial charge in [-0.05, 0) is 77.1 Å². The maximum Gasteiger partial charge on any atom is 0.312 e. The fourth-order valence-electron chi connectivity index (χ4n) is 7.40. The van der Waals surface area contributed by atoms with Crippen LogP contribution in [0, 0.1) is 17.8 Å². The molecular weight excluding hydrogens is 534 g/mol. The number of anilines is 2. The number of rotatable bonds is 14. The van der Waals surface area contributed by atoms with E-state index in [1.54, 1.807) is 24.0 Å². The van der Waals surface area contributed by atoms with E-state index in [0.29, 0.717) is 24.9 Å². The molecule has 42 heavy (non-hydrogen) atoms. The van der Waals surface area contributed by atoms with Crippen LogP contribution in [0.2, 0.25) is 0 Å². The number of carbonyl (C=O) groups excluding carboxylic acids is 3. The van der Waals surface area contributed by atoms with Gasteiger partial charge in [0.1, 0.15) is 17.6 Å². The van der Waals surface area contributed by atoms with E-state index >= 15 is 0 Å². The van der Waals surface area contributed by atoms with Gasteiger partial charge in [-0.25, -0.2) is 0 Å². The van der Waals surface area contributed by atoms with Gasteiger partial charge in [-0.3, -0.25) is 14.4 Å². The Labute approximate surface area is 250 Å². The van der Waals surface area contributed by atoms with Crippen molar-refractivity contribution in [3.05, 3.63) is 49.6 Å². The van der Waals surface area contributed by atoms with Gasteiger partial charge in [0.05, 0.1) is 30.8 Å². The van der Waals surface area contributed by atoms with Gasteiger partial charge >= 0.3 is 5.97 Å². The number of aliphatic hydroxyl groups excluding tert-OH is 1. The van der Waals surface area contributed by atoms with Gasteiger partial charge in [-0.15, -0.1) is 13.2 Å². The lowest BCUT2D eigenvalue weighted by atomic mass is 9.62. The summed E-state index contributed by atoms with van der Waals surface area (Å²) in [5.74, 6) is -3.00. The second kappa shape index (κ2) is 12.6. The summed E-state index contributed by atoms with van der Waals surface area (Å²) in [7, 11) is 0. The van der Waals surface area contributed by atoms with E-state index in [9.17, 15) is 19.5 Å². The van der Waals surface area contributed by atoms with Crippen LogP contribution in [0.1, 0.15) is 53.9 Å². The smallest absolute Gasteiger partial charge is 0.312 e. The van der Waals surface area contributed by atoms with Crippen LogP contribution in [0.3, 0.4) is 0 Å². The average Bonchev–Trinajstić information content (AvgIpc) is 3.50. The van der Waals surface area contributed by atoms with Crippen molar-refractivity contribution in [2.75, 3.05) is 42.6 Å². The van der Waals surface area contributed by atoms with Crippen molar-refractivity contribution in [2.24, 2.45) is 17.8 Å². The predicted molar refractivity (Wildman–Crippen MR) is 163 cm³/mol. The van der Waals surface area contributed by atoms with Crippen LogP contribution in [-0.4, -0.2) is 83.9 Å². The van der Waals surface area contributed by atoms with Crippen LogP contribution in [-0.2, 0) is 23.9 Å². The first-order valence-corrected chi connectivity index (χ1v) is 15.2. The third-order valence-corrected chi connectivity index (χ3v) is 9.64. The van der Waals surface area contributed by atoms with Crippen molar-refractivity contribution in [3.63, 3.8) is 0 Å². The number of amides is 2. The molecule has 1 N–H and O–H groups in total. The van der Waals surface area contributed by atoms with E-state index in [2.05, 4.69) is 31.9 Å². The zero-order chi connectivity index (χ0) is 30.8. The van der Waals surface area contributed by atoms with Gasteiger partial charge in [-0.1, -0.05) is 19.1 Å². The first-order chi connectivity index (χ1) is 20.1. The Morgan fingerprint density at radius 1 is 1.19 bits per heavy atom. The number of aliphatic hydroxyl groups is 1. The van der Waals surface area contributed by atoms with E-state index in [0.717, 1.165) is 18.8 Å². The van der Waals surface area contributed by atoms with Crippen molar-refractivity contribution in [1.29, 1.82) is 0 Å². The van der Waals surface area contributed by atoms with Gasteiger partial charge in [0.15, 0.2) is 0 Å². The second-order valence-corrected chi connectivity index (χ2v) is 12.0. The van der Waals surface area contributed by atoms with Crippen molar-refractivity contribution in [1.82, 2.24) is 4.90 Å². The molecule has 0 radical (unpaired) electrons. The monoisotopic (exact) mass is 581 g/mol. The van der Waals surface area contributed by atoms with Crippen LogP contribution in [0.4, 0.5) is 11.4 Å². The molecule has 3 unspecified atom stereocenters. The van der Waals surface area contributed by atoms with E-state index in [1.807, 2.05) is 38.1 Å². The summed E-state index contributed by atoms with van der Waals surface area (Å²) in [5, 5.41) is 10.2. The fraction of sp³-hybridized carbons (Fsp3) is 0.606. The van der Waals surface area contributed by atoms with E-state index in [4.69, 9.17) is 9.47 Å². The van der Waals surface area contributed by atoms with Gasteiger partial charge in [0.25, 0.3) is 5.91 Å². The minimum Gasteiger partial charge on any atom is -0.465 e. The van der Waals surface area contributed by atoms with Crippen LogP contribution in [0.25, 0.3) is 0 Å². The number of likely N-dealkylation sites (tertiary alicyclic amines) is 1. The Kier molecular flexibility index (Phi) is 9.52. The summed E-state index contributed by atoms with van der Waals surface area (Å²) in [4.78, 5) is 47.8. The molecule has 3 aliphatic rings. The largest absolute Gasteiger partial charge is 0.465 e. The van der Waals surface area contributed by atoms with Crippen molar-refractivity contribution >= 4 is 29.2 Å². The Morgan fingerprint density at radius 2 is 1.83 bits per heavy atom. The van der Waals surface area contributed by atoms with E-state index in [-0.39, 0.29) is 37.5 Å². The number of ether oxygens (including phenoxy) is 2. The maximum absolute atomic E-state index is 14.7. The van der Waals surface area contributed by atoms with Crippen LogP contribution in [0.5, 0.6) is 0 Å². The highest BCUT2D eigenvalue weighted by Gasteiger charge is 2.80. The van der Waals surface area contributed by atoms with E-state index < -0.39 is 41.1 Å². The normalized spacial score (nSPS) is 30.1. The third-order valence-electron chi connectivity index (χ3n) is 9.64. The molecule has 230 valence electrons. The van der Waals surface area contributed by atoms with Gasteiger partial charge in [0, 0.05) is 31.0 Å². The summed E-state index contributed by atoms with van der Waals surface area (Å²) in [5.41, 5.74) is -0.465. The predicted octanol–water partition coefficient (Wildman–Crippen LogP) is 3.95. The zero-order valence-electron chi connectivity index (χ0n) is 25.8. The minimum atomic E-state index is -1.23. The van der Waals surface area contributed by atoms with Crippen molar-refractivity contribution in [3.8, 4) is 0 Å². The molecule has 1 aromatic carbocycles. The number of unbranched alkanes of at least 4 members (excludes halogenated alkanes) is 1. The Balaban J connectivity index is 1.75. The van der Waals surface area contributed by atoms with Crippen molar-refractivity contribution < 1.29 is 29.0 Å². The number of hydrogen-bond acceptors (Lipinski definition) is 7. The Hall–Kier alpha value is -3.17. The summed E-state index contributed by atoms with van der Waals surface area (Å²) in [6.45, 7) is 19.2. The molecule has 0 saturated carbocycles. The molecule has 7 atom stereocenters. The van der Waals surface area contributed by atoms with Crippen LogP contribution >= 0.6 is 0 Å². The number of carbonyl (C=O) groups is 3. The molecule has 3 saturated heterocycles. The molecule has 1 spiro atoms. The molecule has 4 rings (SSSR count). The highest BCUT2D eigenvalue weighted by Crippen LogP contribution is 2.65. The second-order valence-electron chi connectivity index (χ2n) is 12.0. The van der Waals surface area contributed by atoms with E-state index in [1.165, 1.54) is 4.90 Å². The molecule has 0 aromatic heterocycles. The van der Waals surface area contributed by atoms with Gasteiger partial charge in [-0.2, -0.15) is 0 Å². The first kappa shape index (κ1) is 31.8. The summed E-state index contributed by atoms with van der Waals surface area (Å²) in [6, 6.07) is 6.10.